The van der Waals surface area contributed by atoms with E-state index in [1.54, 1.807) is 0 Å². The van der Waals surface area contributed by atoms with E-state index in [1.807, 2.05) is 6.07 Å². The molecule has 1 aromatic rings. The molecular formula is C11H19N3O2. The highest BCUT2D eigenvalue weighted by atomic mass is 16.5. The first-order chi connectivity index (χ1) is 7.78. The van der Waals surface area contributed by atoms with Gasteiger partial charge in [-0.15, -0.1) is 0 Å². The molecule has 0 amide bonds. The standard InChI is InChI=1S/C11H19N3O2/c1-9-7-14(3-2-4-15-9)8-11-5-10(6-12)13-16-11/h5,9H,2-4,6-8,12H2,1H3. The van der Waals surface area contributed by atoms with Crippen LogP contribution in [-0.4, -0.2) is 35.9 Å². The Kier molecular flexibility index (Phi) is 3.93. The minimum absolute atomic E-state index is 0.291. The van der Waals surface area contributed by atoms with Crippen LogP contribution in [0.1, 0.15) is 24.8 Å². The molecule has 0 saturated carbocycles. The van der Waals surface area contributed by atoms with Crippen LogP contribution in [0.25, 0.3) is 0 Å². The largest absolute Gasteiger partial charge is 0.377 e. The molecule has 5 heteroatoms. The van der Waals surface area contributed by atoms with Crippen LogP contribution in [0.5, 0.6) is 0 Å². The zero-order valence-electron chi connectivity index (χ0n) is 9.69. The normalized spacial score (nSPS) is 23.2. The minimum Gasteiger partial charge on any atom is -0.377 e. The summed E-state index contributed by atoms with van der Waals surface area (Å²) >= 11 is 0. The topological polar surface area (TPSA) is 64.5 Å². The first-order valence-electron chi connectivity index (χ1n) is 5.76. The number of nitrogens with zero attached hydrogens (tertiary/aromatic N) is 2. The Morgan fingerprint density at radius 1 is 1.62 bits per heavy atom. The number of hydrogen-bond acceptors (Lipinski definition) is 5. The molecule has 0 bridgehead atoms. The van der Waals surface area contributed by atoms with Gasteiger partial charge in [-0.1, -0.05) is 5.16 Å². The quantitative estimate of drug-likeness (QED) is 0.822. The zero-order chi connectivity index (χ0) is 11.4. The van der Waals surface area contributed by atoms with Gasteiger partial charge in [-0.3, -0.25) is 4.90 Å². The Morgan fingerprint density at radius 2 is 2.50 bits per heavy atom. The third-order valence-corrected chi connectivity index (χ3v) is 2.73. The van der Waals surface area contributed by atoms with Crippen molar-refractivity contribution in [3.05, 3.63) is 17.5 Å². The van der Waals surface area contributed by atoms with E-state index in [2.05, 4.69) is 17.0 Å². The SMILES string of the molecule is CC1CN(Cc2cc(CN)no2)CCCO1. The Balaban J connectivity index is 1.92. The van der Waals surface area contributed by atoms with Crippen LogP contribution in [0.4, 0.5) is 0 Å². The fraction of sp³-hybridized carbons (Fsp3) is 0.727. The molecular weight excluding hydrogens is 206 g/mol. The highest BCUT2D eigenvalue weighted by molar-refractivity contribution is 5.04. The van der Waals surface area contributed by atoms with Gasteiger partial charge in [0.05, 0.1) is 18.3 Å². The van der Waals surface area contributed by atoms with E-state index in [-0.39, 0.29) is 0 Å². The first-order valence-corrected chi connectivity index (χ1v) is 5.76. The molecule has 5 nitrogen and oxygen atoms in total. The van der Waals surface area contributed by atoms with E-state index in [4.69, 9.17) is 15.0 Å². The molecule has 1 aromatic heterocycles. The van der Waals surface area contributed by atoms with Crippen LogP contribution in [-0.2, 0) is 17.8 Å². The second kappa shape index (κ2) is 5.43. The summed E-state index contributed by atoms with van der Waals surface area (Å²) in [5.74, 6) is 0.884. The average molecular weight is 225 g/mol. The summed E-state index contributed by atoms with van der Waals surface area (Å²) in [6.07, 6.45) is 1.36. The maximum absolute atomic E-state index is 5.59. The number of nitrogens with two attached hydrogens (primary N) is 1. The van der Waals surface area contributed by atoms with Crippen molar-refractivity contribution < 1.29 is 9.26 Å². The van der Waals surface area contributed by atoms with Crippen molar-refractivity contribution >= 4 is 0 Å². The van der Waals surface area contributed by atoms with E-state index < -0.39 is 0 Å². The molecule has 2 N–H and O–H groups in total. The van der Waals surface area contributed by atoms with E-state index in [9.17, 15) is 0 Å². The fourth-order valence-electron chi connectivity index (χ4n) is 1.97. The van der Waals surface area contributed by atoms with Crippen LogP contribution in [0.3, 0.4) is 0 Å². The van der Waals surface area contributed by atoms with Crippen molar-refractivity contribution in [2.75, 3.05) is 19.7 Å². The summed E-state index contributed by atoms with van der Waals surface area (Å²) in [6, 6.07) is 1.93. The molecule has 0 radical (unpaired) electrons. The van der Waals surface area contributed by atoms with Crippen molar-refractivity contribution in [3.8, 4) is 0 Å². The molecule has 0 aliphatic carbocycles. The lowest BCUT2D eigenvalue weighted by molar-refractivity contribution is 0.0655. The lowest BCUT2D eigenvalue weighted by Gasteiger charge is -2.19. The lowest BCUT2D eigenvalue weighted by Crippen LogP contribution is -2.29. The Labute approximate surface area is 95.5 Å². The van der Waals surface area contributed by atoms with Gasteiger partial charge in [0.25, 0.3) is 0 Å². The molecule has 1 aliphatic heterocycles. The van der Waals surface area contributed by atoms with Gasteiger partial charge in [0, 0.05) is 32.3 Å². The van der Waals surface area contributed by atoms with Crippen LogP contribution in [0, 0.1) is 0 Å². The van der Waals surface area contributed by atoms with Crippen LogP contribution < -0.4 is 5.73 Å². The maximum atomic E-state index is 5.59. The molecule has 0 aromatic carbocycles. The van der Waals surface area contributed by atoms with E-state index in [0.29, 0.717) is 12.6 Å². The summed E-state index contributed by atoms with van der Waals surface area (Å²) in [4.78, 5) is 2.33. The molecule has 1 unspecified atom stereocenters. The van der Waals surface area contributed by atoms with Crippen molar-refractivity contribution in [2.24, 2.45) is 5.73 Å². The molecule has 1 saturated heterocycles. The number of aromatic nitrogens is 1. The molecule has 1 fully saturated rings. The minimum atomic E-state index is 0.291. The van der Waals surface area contributed by atoms with Crippen molar-refractivity contribution in [1.29, 1.82) is 0 Å². The summed E-state index contributed by atoms with van der Waals surface area (Å²) in [5, 5.41) is 3.88. The van der Waals surface area contributed by atoms with Crippen molar-refractivity contribution in [3.63, 3.8) is 0 Å². The van der Waals surface area contributed by atoms with E-state index in [1.165, 1.54) is 0 Å². The highest BCUT2D eigenvalue weighted by Gasteiger charge is 2.16. The van der Waals surface area contributed by atoms with Gasteiger partial charge in [-0.25, -0.2) is 0 Å². The van der Waals surface area contributed by atoms with Gasteiger partial charge >= 0.3 is 0 Å². The predicted octanol–water partition coefficient (Wildman–Crippen LogP) is 0.744. The predicted molar refractivity (Wildman–Crippen MR) is 59.7 cm³/mol. The second-order valence-electron chi connectivity index (χ2n) is 4.26. The second-order valence-corrected chi connectivity index (χ2v) is 4.26. The average Bonchev–Trinajstić information content (AvgIpc) is 2.62. The Bertz CT molecular complexity index is 327. The summed E-state index contributed by atoms with van der Waals surface area (Å²) < 4.78 is 10.8. The summed E-state index contributed by atoms with van der Waals surface area (Å²) in [7, 11) is 0. The monoisotopic (exact) mass is 225 g/mol. The number of hydrogen-bond donors (Lipinski definition) is 1. The van der Waals surface area contributed by atoms with Crippen LogP contribution in [0.15, 0.2) is 10.6 Å². The fourth-order valence-corrected chi connectivity index (χ4v) is 1.97. The summed E-state index contributed by atoms with van der Waals surface area (Å²) in [5.41, 5.74) is 6.30. The molecule has 90 valence electrons. The third-order valence-electron chi connectivity index (χ3n) is 2.73. The van der Waals surface area contributed by atoms with E-state index in [0.717, 1.165) is 44.1 Å². The zero-order valence-corrected chi connectivity index (χ0v) is 9.69. The molecule has 2 heterocycles. The van der Waals surface area contributed by atoms with Gasteiger partial charge in [0.2, 0.25) is 0 Å². The lowest BCUT2D eigenvalue weighted by atomic mass is 10.3. The maximum Gasteiger partial charge on any atom is 0.151 e. The van der Waals surface area contributed by atoms with Gasteiger partial charge in [-0.05, 0) is 13.3 Å². The Hall–Kier alpha value is -0.910. The van der Waals surface area contributed by atoms with Gasteiger partial charge in [0.1, 0.15) is 0 Å². The van der Waals surface area contributed by atoms with Gasteiger partial charge < -0.3 is 15.0 Å². The van der Waals surface area contributed by atoms with Crippen molar-refractivity contribution in [1.82, 2.24) is 10.1 Å². The van der Waals surface area contributed by atoms with E-state index >= 15 is 0 Å². The van der Waals surface area contributed by atoms with Gasteiger partial charge in [0.15, 0.2) is 5.76 Å². The third kappa shape index (κ3) is 3.04. The van der Waals surface area contributed by atoms with Crippen molar-refractivity contribution in [2.45, 2.75) is 32.5 Å². The molecule has 0 spiro atoms. The molecule has 1 atom stereocenters. The number of rotatable bonds is 3. The number of ether oxygens (including phenoxy) is 1. The Morgan fingerprint density at radius 3 is 3.25 bits per heavy atom. The first kappa shape index (κ1) is 11.6. The summed E-state index contributed by atoms with van der Waals surface area (Å²) in [6.45, 7) is 6.16. The van der Waals surface area contributed by atoms with Crippen LogP contribution >= 0.6 is 0 Å². The molecule has 16 heavy (non-hydrogen) atoms. The molecule has 1 aliphatic rings. The van der Waals surface area contributed by atoms with Crippen LogP contribution in [0.2, 0.25) is 0 Å². The smallest absolute Gasteiger partial charge is 0.151 e. The highest BCUT2D eigenvalue weighted by Crippen LogP contribution is 2.11. The molecule has 2 rings (SSSR count). The van der Waals surface area contributed by atoms with Gasteiger partial charge in [-0.2, -0.15) is 0 Å².